The summed E-state index contributed by atoms with van der Waals surface area (Å²) in [5, 5.41) is 9.95. The van der Waals surface area contributed by atoms with Gasteiger partial charge in [0.2, 0.25) is 11.7 Å². The van der Waals surface area contributed by atoms with Crippen LogP contribution in [0.1, 0.15) is 52.6 Å². The van der Waals surface area contributed by atoms with Crippen molar-refractivity contribution in [3.05, 3.63) is 99.9 Å². The second-order valence-electron chi connectivity index (χ2n) is 7.29. The van der Waals surface area contributed by atoms with E-state index in [1.165, 1.54) is 17.8 Å². The number of anilines is 1. The van der Waals surface area contributed by atoms with E-state index in [1.54, 1.807) is 31.2 Å². The lowest BCUT2D eigenvalue weighted by molar-refractivity contribution is -0.114. The summed E-state index contributed by atoms with van der Waals surface area (Å²) in [7, 11) is 0. The fraction of sp³-hybridized carbons (Fsp3) is 0.154. The Morgan fingerprint density at radius 1 is 0.667 bits per heavy atom. The molecule has 3 rings (SSSR count). The van der Waals surface area contributed by atoms with E-state index in [2.05, 4.69) is 0 Å². The number of nitrogens with one attached hydrogen (secondary N) is 1. The van der Waals surface area contributed by atoms with Gasteiger partial charge in [0.1, 0.15) is 5.69 Å². The third-order valence-electron chi connectivity index (χ3n) is 4.39. The highest BCUT2D eigenvalue weighted by molar-refractivity contribution is 5.94. The molecule has 0 saturated carbocycles. The van der Waals surface area contributed by atoms with E-state index in [0.717, 1.165) is 12.5 Å². The minimum atomic E-state index is -2.26. The molecule has 1 N–H and O–H groups in total. The first kappa shape index (κ1) is 29.6. The lowest BCUT2D eigenvalue weighted by Gasteiger charge is -2.07. The van der Waals surface area contributed by atoms with Gasteiger partial charge in [-0.05, 0) is 32.9 Å². The SMILES string of the molecule is CC(=O)Nc1c(F)c(F)c(F)c(F)c1F.CC(=O)c1ccc(C#N)cc1.CC(=O)c1ccc(C)cc1. The molecule has 3 aromatic rings. The number of Topliss-reactive ketones (excluding diaryl/α,β-unsaturated/α-hetero) is 2. The van der Waals surface area contributed by atoms with Crippen molar-refractivity contribution in [1.82, 2.24) is 0 Å². The Hall–Kier alpha value is -4.39. The summed E-state index contributed by atoms with van der Waals surface area (Å²) in [5.74, 6) is -11.4. The Morgan fingerprint density at radius 2 is 1.03 bits per heavy atom. The number of benzene rings is 3. The molecule has 0 aromatic heterocycles. The number of amides is 1. The number of halogens is 5. The first-order chi connectivity index (χ1) is 16.8. The molecule has 188 valence electrons. The molecule has 3 aromatic carbocycles. The van der Waals surface area contributed by atoms with Gasteiger partial charge in [0.05, 0.1) is 11.6 Å². The Balaban J connectivity index is 0.000000277. The van der Waals surface area contributed by atoms with Gasteiger partial charge in [0.25, 0.3) is 0 Å². The fourth-order valence-electron chi connectivity index (χ4n) is 2.46. The van der Waals surface area contributed by atoms with Crippen LogP contribution in [0.4, 0.5) is 27.6 Å². The summed E-state index contributed by atoms with van der Waals surface area (Å²) in [4.78, 5) is 32.0. The van der Waals surface area contributed by atoms with Gasteiger partial charge >= 0.3 is 0 Å². The molecule has 0 aliphatic heterocycles. The molecule has 1 amide bonds. The molecule has 36 heavy (non-hydrogen) atoms. The van der Waals surface area contributed by atoms with Gasteiger partial charge in [-0.25, -0.2) is 22.0 Å². The van der Waals surface area contributed by atoms with E-state index in [4.69, 9.17) is 5.26 Å². The predicted molar refractivity (Wildman–Crippen MR) is 123 cm³/mol. The summed E-state index contributed by atoms with van der Waals surface area (Å²) >= 11 is 0. The van der Waals surface area contributed by atoms with Crippen molar-refractivity contribution >= 4 is 23.2 Å². The number of nitriles is 1. The average molecular weight is 504 g/mol. The molecule has 0 unspecified atom stereocenters. The number of ketones is 2. The molecule has 0 heterocycles. The maximum atomic E-state index is 12.8. The maximum absolute atomic E-state index is 12.8. The van der Waals surface area contributed by atoms with E-state index >= 15 is 0 Å². The van der Waals surface area contributed by atoms with Crippen molar-refractivity contribution in [2.75, 3.05) is 5.32 Å². The van der Waals surface area contributed by atoms with Crippen LogP contribution in [-0.2, 0) is 4.79 Å². The average Bonchev–Trinajstić information content (AvgIpc) is 2.85. The highest BCUT2D eigenvalue weighted by Crippen LogP contribution is 2.26. The number of nitrogens with zero attached hydrogens (tertiary/aromatic N) is 1. The molecule has 5 nitrogen and oxygen atoms in total. The van der Waals surface area contributed by atoms with Crippen molar-refractivity contribution in [3.8, 4) is 6.07 Å². The van der Waals surface area contributed by atoms with Crippen molar-refractivity contribution < 1.29 is 36.3 Å². The van der Waals surface area contributed by atoms with Gasteiger partial charge in [-0.3, -0.25) is 14.4 Å². The van der Waals surface area contributed by atoms with E-state index in [0.29, 0.717) is 11.1 Å². The number of hydrogen-bond donors (Lipinski definition) is 1. The maximum Gasteiger partial charge on any atom is 0.221 e. The van der Waals surface area contributed by atoms with Crippen LogP contribution < -0.4 is 5.32 Å². The number of hydrogen-bond acceptors (Lipinski definition) is 4. The lowest BCUT2D eigenvalue weighted by Crippen LogP contribution is -2.13. The van der Waals surface area contributed by atoms with Crippen molar-refractivity contribution in [2.45, 2.75) is 27.7 Å². The lowest BCUT2D eigenvalue weighted by atomic mass is 10.1. The van der Waals surface area contributed by atoms with Crippen LogP contribution in [0.25, 0.3) is 0 Å². The molecule has 0 fully saturated rings. The molecule has 0 spiro atoms. The molecule has 10 heteroatoms. The van der Waals surface area contributed by atoms with Crippen molar-refractivity contribution in [1.29, 1.82) is 5.26 Å². The molecular formula is C26H21F5N2O3. The summed E-state index contributed by atoms with van der Waals surface area (Å²) in [6, 6.07) is 16.1. The van der Waals surface area contributed by atoms with Gasteiger partial charge in [-0.1, -0.05) is 42.0 Å². The van der Waals surface area contributed by atoms with Crippen LogP contribution in [0.3, 0.4) is 0 Å². The second kappa shape index (κ2) is 13.5. The molecule has 0 bridgehead atoms. The van der Waals surface area contributed by atoms with Crippen LogP contribution in [0.5, 0.6) is 0 Å². The van der Waals surface area contributed by atoms with Crippen LogP contribution in [0.15, 0.2) is 48.5 Å². The predicted octanol–water partition coefficient (Wildman–Crippen LogP) is 6.30. The van der Waals surface area contributed by atoms with Crippen LogP contribution in [0.2, 0.25) is 0 Å². The monoisotopic (exact) mass is 504 g/mol. The quantitative estimate of drug-likeness (QED) is 0.196. The molecule has 0 saturated heterocycles. The minimum absolute atomic E-state index is 0.0227. The normalized spacial score (nSPS) is 9.56. The topological polar surface area (TPSA) is 87.0 Å². The molecule has 0 aliphatic rings. The molecule has 0 aliphatic carbocycles. The molecule has 0 radical (unpaired) electrons. The van der Waals surface area contributed by atoms with Gasteiger partial charge in [-0.2, -0.15) is 5.26 Å². The Kier molecular flexibility index (Phi) is 11.1. The summed E-state index contributed by atoms with van der Waals surface area (Å²) in [5.41, 5.74) is 1.84. The van der Waals surface area contributed by atoms with E-state index in [1.807, 2.05) is 37.3 Å². The first-order valence-corrected chi connectivity index (χ1v) is 10.2. The third-order valence-corrected chi connectivity index (χ3v) is 4.39. The number of rotatable bonds is 3. The third kappa shape index (κ3) is 8.43. The van der Waals surface area contributed by atoms with E-state index < -0.39 is 40.7 Å². The highest BCUT2D eigenvalue weighted by atomic mass is 19.2. The van der Waals surface area contributed by atoms with Crippen LogP contribution in [0, 0.1) is 47.3 Å². The van der Waals surface area contributed by atoms with Crippen LogP contribution in [-0.4, -0.2) is 17.5 Å². The van der Waals surface area contributed by atoms with E-state index in [-0.39, 0.29) is 11.6 Å². The minimum Gasteiger partial charge on any atom is -0.321 e. The Labute approximate surface area is 204 Å². The summed E-state index contributed by atoms with van der Waals surface area (Å²) < 4.78 is 63.2. The van der Waals surface area contributed by atoms with Crippen molar-refractivity contribution in [2.24, 2.45) is 0 Å². The standard InChI is InChI=1S/C9H7NO.C9H10O.C8H4F5NO/c1-7(11)9-4-2-8(6-10)3-5-9;1-7-3-5-9(6-4-7)8(2)10;1-2(15)14-8-6(12)4(10)3(9)5(11)7(8)13/h2-5H,1H3;3-6H,1-2H3;1H3,(H,14,15). The number of aryl methyl sites for hydroxylation is 1. The van der Waals surface area contributed by atoms with Gasteiger partial charge in [0, 0.05) is 18.1 Å². The number of carbonyl (C=O) groups is 3. The molecular weight excluding hydrogens is 483 g/mol. The highest BCUT2D eigenvalue weighted by Gasteiger charge is 2.26. The number of carbonyl (C=O) groups excluding carboxylic acids is 3. The first-order valence-electron chi connectivity index (χ1n) is 10.2. The van der Waals surface area contributed by atoms with Gasteiger partial charge < -0.3 is 5.32 Å². The zero-order valence-corrected chi connectivity index (χ0v) is 19.7. The zero-order valence-electron chi connectivity index (χ0n) is 19.7. The Bertz CT molecular complexity index is 1270. The molecule has 0 atom stereocenters. The zero-order chi connectivity index (χ0) is 27.6. The van der Waals surface area contributed by atoms with Crippen molar-refractivity contribution in [3.63, 3.8) is 0 Å². The smallest absolute Gasteiger partial charge is 0.221 e. The second-order valence-corrected chi connectivity index (χ2v) is 7.29. The largest absolute Gasteiger partial charge is 0.321 e. The Morgan fingerprint density at radius 3 is 1.36 bits per heavy atom. The van der Waals surface area contributed by atoms with Gasteiger partial charge in [0.15, 0.2) is 34.8 Å². The summed E-state index contributed by atoms with van der Waals surface area (Å²) in [6.45, 7) is 5.95. The van der Waals surface area contributed by atoms with Crippen LogP contribution >= 0.6 is 0 Å². The fourth-order valence-corrected chi connectivity index (χ4v) is 2.46. The summed E-state index contributed by atoms with van der Waals surface area (Å²) in [6.07, 6.45) is 0. The van der Waals surface area contributed by atoms with Gasteiger partial charge in [-0.15, -0.1) is 0 Å². The van der Waals surface area contributed by atoms with E-state index in [9.17, 15) is 36.3 Å².